The molecule has 4 unspecified atom stereocenters. The van der Waals surface area contributed by atoms with E-state index in [1.807, 2.05) is 0 Å². The highest BCUT2D eigenvalue weighted by molar-refractivity contribution is 5.73. The lowest BCUT2D eigenvalue weighted by Gasteiger charge is -2.49. The first-order valence-corrected chi connectivity index (χ1v) is 14.8. The van der Waals surface area contributed by atoms with E-state index in [2.05, 4.69) is 5.32 Å². The molecule has 22 nitrogen and oxygen atoms in total. The summed E-state index contributed by atoms with van der Waals surface area (Å²) in [5.74, 6) is -0.640. The Morgan fingerprint density at radius 2 is 1.25 bits per heavy atom. The van der Waals surface area contributed by atoms with Gasteiger partial charge in [0, 0.05) is 6.92 Å². The molecule has 19 atom stereocenters. The van der Waals surface area contributed by atoms with Crippen molar-refractivity contribution in [3.63, 3.8) is 0 Å². The number of aliphatic hydroxyl groups excluding tert-OH is 14. The molecule has 3 aliphatic heterocycles. The van der Waals surface area contributed by atoms with Crippen molar-refractivity contribution < 1.29 is 105 Å². The van der Waals surface area contributed by atoms with Crippen molar-refractivity contribution in [2.75, 3.05) is 19.8 Å². The van der Waals surface area contributed by atoms with E-state index < -0.39 is 142 Å². The molecule has 0 bridgehead atoms. The highest BCUT2D eigenvalue weighted by Gasteiger charge is 2.54. The van der Waals surface area contributed by atoms with Crippen LogP contribution in [0.5, 0.6) is 0 Å². The average Bonchev–Trinajstić information content (AvgIpc) is 3.07. The molecular formula is C26H47NO21. The van der Waals surface area contributed by atoms with Gasteiger partial charge >= 0.3 is 0 Å². The van der Waals surface area contributed by atoms with Crippen LogP contribution in [-0.4, -0.2) is 220 Å². The Morgan fingerprint density at radius 1 is 0.729 bits per heavy atom. The molecular weight excluding hydrogens is 662 g/mol. The molecule has 3 rings (SSSR count). The Hall–Kier alpha value is -1.62. The molecule has 3 aliphatic rings. The molecule has 3 heterocycles. The van der Waals surface area contributed by atoms with Gasteiger partial charge in [0.05, 0.1) is 25.9 Å². The van der Waals surface area contributed by atoms with Crippen molar-refractivity contribution in [1.29, 1.82) is 0 Å². The van der Waals surface area contributed by atoms with Crippen LogP contribution in [0.15, 0.2) is 0 Å². The molecule has 3 fully saturated rings. The van der Waals surface area contributed by atoms with E-state index in [-0.39, 0.29) is 6.29 Å². The molecule has 0 spiro atoms. The van der Waals surface area contributed by atoms with E-state index in [4.69, 9.17) is 49.2 Å². The van der Waals surface area contributed by atoms with Gasteiger partial charge in [-0.3, -0.25) is 4.79 Å². The third-order valence-corrected chi connectivity index (χ3v) is 7.88. The van der Waals surface area contributed by atoms with Crippen molar-refractivity contribution in [3.05, 3.63) is 0 Å². The molecule has 3 saturated heterocycles. The van der Waals surface area contributed by atoms with Gasteiger partial charge in [-0.15, -0.1) is 0 Å². The van der Waals surface area contributed by atoms with Crippen molar-refractivity contribution in [2.24, 2.45) is 0 Å². The Labute approximate surface area is 272 Å². The molecule has 282 valence electrons. The molecule has 48 heavy (non-hydrogen) atoms. The number of aldehydes is 1. The summed E-state index contributed by atoms with van der Waals surface area (Å²) in [5.41, 5.74) is 0. The summed E-state index contributed by atoms with van der Waals surface area (Å²) in [6, 6.07) is -1.41. The van der Waals surface area contributed by atoms with Crippen LogP contribution in [0.4, 0.5) is 0 Å². The van der Waals surface area contributed by atoms with E-state index in [0.29, 0.717) is 0 Å². The van der Waals surface area contributed by atoms with E-state index in [1.54, 1.807) is 0 Å². The summed E-state index contributed by atoms with van der Waals surface area (Å²) in [7, 11) is 0. The predicted octanol–water partition coefficient (Wildman–Crippen LogP) is -9.78. The fourth-order valence-corrected chi connectivity index (χ4v) is 5.02. The smallest absolute Gasteiger partial charge is 0.217 e. The molecule has 0 radical (unpaired) electrons. The van der Waals surface area contributed by atoms with E-state index in [1.165, 1.54) is 6.92 Å². The zero-order valence-corrected chi connectivity index (χ0v) is 25.8. The Balaban J connectivity index is 0.000000567. The van der Waals surface area contributed by atoms with Crippen LogP contribution >= 0.6 is 0 Å². The lowest BCUT2D eigenvalue weighted by molar-refractivity contribution is -0.370. The van der Waals surface area contributed by atoms with Crippen molar-refractivity contribution in [2.45, 2.75) is 130 Å². The highest BCUT2D eigenvalue weighted by atomic mass is 16.7. The van der Waals surface area contributed by atoms with Gasteiger partial charge in [-0.05, 0) is 6.92 Å². The highest BCUT2D eigenvalue weighted by Crippen LogP contribution is 2.33. The summed E-state index contributed by atoms with van der Waals surface area (Å²) in [6.07, 6.45) is -28.9. The molecule has 0 aromatic carbocycles. The number of amides is 1. The fraction of sp³-hybridized carbons (Fsp3) is 0.923. The molecule has 0 aliphatic carbocycles. The molecule has 0 aromatic heterocycles. The number of hydrogen-bond donors (Lipinski definition) is 15. The van der Waals surface area contributed by atoms with Gasteiger partial charge in [0.1, 0.15) is 91.5 Å². The van der Waals surface area contributed by atoms with Gasteiger partial charge in [0.15, 0.2) is 25.2 Å². The van der Waals surface area contributed by atoms with Gasteiger partial charge in [-0.2, -0.15) is 0 Å². The average molecular weight is 710 g/mol. The first-order chi connectivity index (χ1) is 22.4. The number of hydrogen-bond acceptors (Lipinski definition) is 21. The van der Waals surface area contributed by atoms with Gasteiger partial charge in [-0.25, -0.2) is 0 Å². The second kappa shape index (κ2) is 19.1. The largest absolute Gasteiger partial charge is 0.394 e. The lowest BCUT2D eigenvalue weighted by atomic mass is 9.94. The van der Waals surface area contributed by atoms with Crippen LogP contribution in [0, 0.1) is 0 Å². The van der Waals surface area contributed by atoms with Crippen LogP contribution < -0.4 is 5.32 Å². The van der Waals surface area contributed by atoms with E-state index >= 15 is 0 Å². The number of carbonyl (C=O) groups excluding carboxylic acids is 2. The Bertz CT molecular complexity index is 980. The number of ether oxygens (including phenoxy) is 5. The Morgan fingerprint density at radius 3 is 1.75 bits per heavy atom. The minimum absolute atomic E-state index is 0.0258. The molecule has 0 aromatic rings. The molecule has 22 heteroatoms. The first-order valence-electron chi connectivity index (χ1n) is 14.8. The SMILES string of the molecule is CC(=O)N[C@@H]1[C@@H](O[C@@H]2O[C@@H](C)[C@@H](O)[C@@H](O)[C@@H]2O)[C@H](O[C@@H]2O[C@H](CO)[C@H](O)[C@H](O)[C@H]2O)[C@@H](CO)O[C@H]1O.O=CC(O)C(O)C(O)C(O)CO. The zero-order chi connectivity index (χ0) is 36.6. The summed E-state index contributed by atoms with van der Waals surface area (Å²) in [5, 5.41) is 137. The monoisotopic (exact) mass is 709 g/mol. The third-order valence-electron chi connectivity index (χ3n) is 7.88. The number of rotatable bonds is 12. The normalized spacial score (nSPS) is 42.8. The van der Waals surface area contributed by atoms with Crippen LogP contribution in [-0.2, 0) is 33.3 Å². The molecule has 0 saturated carbocycles. The summed E-state index contributed by atoms with van der Waals surface area (Å²) in [4.78, 5) is 21.7. The first kappa shape index (κ1) is 42.5. The van der Waals surface area contributed by atoms with Crippen LogP contribution in [0.25, 0.3) is 0 Å². The molecule has 15 N–H and O–H groups in total. The summed E-state index contributed by atoms with van der Waals surface area (Å²) < 4.78 is 27.7. The summed E-state index contributed by atoms with van der Waals surface area (Å²) >= 11 is 0. The minimum Gasteiger partial charge on any atom is -0.394 e. The van der Waals surface area contributed by atoms with Gasteiger partial charge in [0.2, 0.25) is 5.91 Å². The van der Waals surface area contributed by atoms with Crippen molar-refractivity contribution >= 4 is 12.2 Å². The predicted molar refractivity (Wildman–Crippen MR) is 149 cm³/mol. The third kappa shape index (κ3) is 10.2. The second-order valence-electron chi connectivity index (χ2n) is 11.4. The standard InChI is InChI=1S/C20H35NO15.C6H12O6/c1-5-10(25)12(27)14(29)19(32-5)36-17-9(21-6(2)24)18(31)33-8(4-23)16(17)35-20-15(30)13(28)11(26)7(3-22)34-20;7-1-3(9)5(11)6(12)4(10)2-8/h5,7-20,22-23,25-31H,3-4H2,1-2H3,(H,21,24);1,3-6,8-12H,2H2/t5-,7+,8+,9+,10+,11-,12+,13-,14-,15+,16+,17+,18+,19-,20-;/m0./s1. The maximum Gasteiger partial charge on any atom is 0.217 e. The number of aliphatic hydroxyl groups is 14. The maximum absolute atomic E-state index is 11.8. The van der Waals surface area contributed by atoms with Crippen molar-refractivity contribution in [1.82, 2.24) is 5.32 Å². The van der Waals surface area contributed by atoms with Gasteiger partial charge in [0.25, 0.3) is 0 Å². The van der Waals surface area contributed by atoms with Gasteiger partial charge < -0.3 is 105 Å². The van der Waals surface area contributed by atoms with Crippen LogP contribution in [0.3, 0.4) is 0 Å². The quantitative estimate of drug-likeness (QED) is 0.0836. The zero-order valence-electron chi connectivity index (χ0n) is 25.8. The van der Waals surface area contributed by atoms with E-state index in [0.717, 1.165) is 6.92 Å². The van der Waals surface area contributed by atoms with Crippen LogP contribution in [0.2, 0.25) is 0 Å². The lowest BCUT2D eigenvalue weighted by Crippen LogP contribution is -2.69. The maximum atomic E-state index is 11.8. The number of nitrogens with one attached hydrogen (secondary N) is 1. The topological polar surface area (TPSA) is 376 Å². The second-order valence-corrected chi connectivity index (χ2v) is 11.4. The molecule has 1 amide bonds. The van der Waals surface area contributed by atoms with Gasteiger partial charge in [-0.1, -0.05) is 0 Å². The minimum atomic E-state index is -1.85. The fourth-order valence-electron chi connectivity index (χ4n) is 5.02. The Kier molecular flexibility index (Phi) is 16.9. The van der Waals surface area contributed by atoms with E-state index in [9.17, 15) is 55.5 Å². The van der Waals surface area contributed by atoms with Crippen LogP contribution in [0.1, 0.15) is 13.8 Å². The summed E-state index contributed by atoms with van der Waals surface area (Å²) in [6.45, 7) is 0.242. The van der Waals surface area contributed by atoms with Crippen molar-refractivity contribution in [3.8, 4) is 0 Å². The number of carbonyl (C=O) groups is 2.